The highest BCUT2D eigenvalue weighted by atomic mass is 16.7. The molecule has 5 nitrogen and oxygen atoms in total. The van der Waals surface area contributed by atoms with Crippen LogP contribution in [0.25, 0.3) is 0 Å². The molecular weight excluding hydrogens is 392 g/mol. The molecule has 0 bridgehead atoms. The van der Waals surface area contributed by atoms with Crippen LogP contribution in [0.3, 0.4) is 0 Å². The summed E-state index contributed by atoms with van der Waals surface area (Å²) in [6, 6.07) is 0. The summed E-state index contributed by atoms with van der Waals surface area (Å²) >= 11 is 0. The summed E-state index contributed by atoms with van der Waals surface area (Å²) in [5, 5.41) is 20.9. The number of carboxylic acid groups (broad SMARTS) is 1. The molecule has 0 saturated heterocycles. The van der Waals surface area contributed by atoms with E-state index in [4.69, 9.17) is 14.6 Å². The Kier molecular flexibility index (Phi) is 5.94. The maximum absolute atomic E-state index is 11.8. The molecular formula is C26H40O5. The number of rotatable bonds is 6. The molecule has 174 valence electrons. The van der Waals surface area contributed by atoms with E-state index in [2.05, 4.69) is 20.4 Å². The van der Waals surface area contributed by atoms with E-state index in [1.54, 1.807) is 25.4 Å². The Bertz CT molecular complexity index is 781. The van der Waals surface area contributed by atoms with Crippen LogP contribution in [0.4, 0.5) is 0 Å². The number of aliphatic hydroxyl groups is 1. The molecule has 4 aliphatic rings. The molecule has 0 amide bonds. The van der Waals surface area contributed by atoms with Gasteiger partial charge in [-0.05, 0) is 74.2 Å². The summed E-state index contributed by atoms with van der Waals surface area (Å²) in [6.07, 6.45) is 8.13. The van der Waals surface area contributed by atoms with Gasteiger partial charge in [0.1, 0.15) is 0 Å². The monoisotopic (exact) mass is 432 g/mol. The van der Waals surface area contributed by atoms with Gasteiger partial charge < -0.3 is 19.7 Å². The molecule has 0 radical (unpaired) electrons. The molecule has 2 saturated carbocycles. The smallest absolute Gasteiger partial charge is 0.303 e. The molecule has 4 aliphatic carbocycles. The summed E-state index contributed by atoms with van der Waals surface area (Å²) < 4.78 is 11.6. The fourth-order valence-electron chi connectivity index (χ4n) is 8.09. The van der Waals surface area contributed by atoms with Crippen molar-refractivity contribution >= 4 is 5.97 Å². The number of hydrogen-bond donors (Lipinski definition) is 2. The molecule has 2 N–H and O–H groups in total. The molecule has 4 rings (SSSR count). The van der Waals surface area contributed by atoms with Crippen LogP contribution < -0.4 is 0 Å². The van der Waals surface area contributed by atoms with E-state index < -0.39 is 17.4 Å². The maximum Gasteiger partial charge on any atom is 0.303 e. The standard InChI is InChI=1S/C26H40O5/c1-16-14-18-15-25(30-4,31-5)12-9-19(18)20-8-11-24(3)21(23(16)20)10-13-26(24,29)17(2)6-7-22(27)28/h16,20-21,23,29H,2,6-15H2,1,3-5H3,(H,27,28)/t16-,20-,21+,23-,24+,26-/m1/s1. The summed E-state index contributed by atoms with van der Waals surface area (Å²) in [6.45, 7) is 8.83. The highest BCUT2D eigenvalue weighted by molar-refractivity contribution is 5.67. The molecule has 0 aromatic heterocycles. The van der Waals surface area contributed by atoms with Crippen molar-refractivity contribution in [2.75, 3.05) is 14.2 Å². The van der Waals surface area contributed by atoms with Crippen LogP contribution in [0.15, 0.2) is 23.3 Å². The van der Waals surface area contributed by atoms with Gasteiger partial charge in [0.2, 0.25) is 0 Å². The molecule has 0 spiro atoms. The first-order valence-electron chi connectivity index (χ1n) is 12.0. The lowest BCUT2D eigenvalue weighted by molar-refractivity contribution is -0.214. The van der Waals surface area contributed by atoms with Crippen LogP contribution >= 0.6 is 0 Å². The predicted octanol–water partition coefficient (Wildman–Crippen LogP) is 5.09. The molecule has 5 heteroatoms. The van der Waals surface area contributed by atoms with Gasteiger partial charge in [0.05, 0.1) is 5.60 Å². The van der Waals surface area contributed by atoms with E-state index in [9.17, 15) is 9.90 Å². The average molecular weight is 433 g/mol. The van der Waals surface area contributed by atoms with E-state index in [1.807, 2.05) is 0 Å². The fourth-order valence-corrected chi connectivity index (χ4v) is 8.09. The zero-order chi connectivity index (χ0) is 22.6. The van der Waals surface area contributed by atoms with Gasteiger partial charge >= 0.3 is 5.97 Å². The number of carbonyl (C=O) groups is 1. The fraction of sp³-hybridized carbons (Fsp3) is 0.808. The van der Waals surface area contributed by atoms with E-state index in [0.717, 1.165) is 50.5 Å². The largest absolute Gasteiger partial charge is 0.481 e. The Morgan fingerprint density at radius 2 is 1.87 bits per heavy atom. The Morgan fingerprint density at radius 3 is 2.52 bits per heavy atom. The lowest BCUT2D eigenvalue weighted by atomic mass is 9.49. The molecule has 0 heterocycles. The molecule has 2 fully saturated rings. The van der Waals surface area contributed by atoms with Gasteiger partial charge in [-0.1, -0.05) is 31.6 Å². The minimum absolute atomic E-state index is 0.0430. The molecule has 6 atom stereocenters. The maximum atomic E-state index is 11.8. The first kappa shape index (κ1) is 23.0. The molecule has 0 aliphatic heterocycles. The first-order valence-corrected chi connectivity index (χ1v) is 12.0. The van der Waals surface area contributed by atoms with Crippen molar-refractivity contribution in [3.63, 3.8) is 0 Å². The van der Waals surface area contributed by atoms with Gasteiger partial charge in [-0.2, -0.15) is 0 Å². The number of allylic oxidation sites excluding steroid dienone is 1. The van der Waals surface area contributed by atoms with E-state index in [0.29, 0.717) is 36.5 Å². The van der Waals surface area contributed by atoms with E-state index in [1.165, 1.54) is 0 Å². The third-order valence-corrected chi connectivity index (χ3v) is 9.84. The second-order valence-corrected chi connectivity index (χ2v) is 10.9. The molecule has 0 aromatic carbocycles. The van der Waals surface area contributed by atoms with Crippen LogP contribution in [-0.4, -0.2) is 41.8 Å². The van der Waals surface area contributed by atoms with Gasteiger partial charge in [0, 0.05) is 38.9 Å². The lowest BCUT2D eigenvalue weighted by Gasteiger charge is -2.57. The topological polar surface area (TPSA) is 76.0 Å². The Hall–Kier alpha value is -1.17. The van der Waals surface area contributed by atoms with Crippen LogP contribution in [0, 0.1) is 29.1 Å². The number of carboxylic acids is 1. The van der Waals surface area contributed by atoms with Gasteiger partial charge in [0.25, 0.3) is 0 Å². The zero-order valence-corrected chi connectivity index (χ0v) is 19.7. The third-order valence-electron chi connectivity index (χ3n) is 9.84. The van der Waals surface area contributed by atoms with Crippen LogP contribution in [0.2, 0.25) is 0 Å². The number of aliphatic carboxylic acids is 1. The second-order valence-electron chi connectivity index (χ2n) is 10.9. The van der Waals surface area contributed by atoms with Crippen LogP contribution in [0.5, 0.6) is 0 Å². The Labute approximate surface area is 186 Å². The van der Waals surface area contributed by atoms with Crippen molar-refractivity contribution in [1.29, 1.82) is 0 Å². The van der Waals surface area contributed by atoms with Crippen molar-refractivity contribution < 1.29 is 24.5 Å². The number of fused-ring (bicyclic) bond motifs is 4. The van der Waals surface area contributed by atoms with Gasteiger partial charge in [-0.25, -0.2) is 0 Å². The third kappa shape index (κ3) is 3.43. The van der Waals surface area contributed by atoms with Gasteiger partial charge in [-0.3, -0.25) is 4.79 Å². The van der Waals surface area contributed by atoms with Crippen LogP contribution in [0.1, 0.15) is 78.1 Å². The quantitative estimate of drug-likeness (QED) is 0.452. The summed E-state index contributed by atoms with van der Waals surface area (Å²) in [4.78, 5) is 11.1. The lowest BCUT2D eigenvalue weighted by Crippen LogP contribution is -2.54. The molecule has 0 aromatic rings. The van der Waals surface area contributed by atoms with Gasteiger partial charge in [-0.15, -0.1) is 0 Å². The van der Waals surface area contributed by atoms with Crippen molar-refractivity contribution in [1.82, 2.24) is 0 Å². The van der Waals surface area contributed by atoms with Crippen molar-refractivity contribution in [3.8, 4) is 0 Å². The molecule has 31 heavy (non-hydrogen) atoms. The Morgan fingerprint density at radius 1 is 1.16 bits per heavy atom. The zero-order valence-electron chi connectivity index (χ0n) is 19.7. The number of ether oxygens (including phenoxy) is 2. The average Bonchev–Trinajstić information content (AvgIpc) is 3.03. The SMILES string of the molecule is C=C(CCC(=O)O)[C@]1(O)CC[C@H]2[C@@H]3[C@H](C)CC4=C(CCC(OC)(OC)C4)[C@H]3CC[C@@]21C. The summed E-state index contributed by atoms with van der Waals surface area (Å²) in [7, 11) is 3.51. The van der Waals surface area contributed by atoms with Crippen molar-refractivity contribution in [3.05, 3.63) is 23.3 Å². The highest BCUT2D eigenvalue weighted by Crippen LogP contribution is 2.67. The molecule has 0 unspecified atom stereocenters. The second kappa shape index (κ2) is 8.00. The minimum atomic E-state index is -0.944. The highest BCUT2D eigenvalue weighted by Gasteiger charge is 2.63. The summed E-state index contributed by atoms with van der Waals surface area (Å²) in [5.41, 5.74) is 2.76. The number of hydrogen-bond acceptors (Lipinski definition) is 4. The summed E-state index contributed by atoms with van der Waals surface area (Å²) in [5.74, 6) is 0.902. The van der Waals surface area contributed by atoms with E-state index in [-0.39, 0.29) is 11.8 Å². The van der Waals surface area contributed by atoms with Crippen LogP contribution in [-0.2, 0) is 14.3 Å². The number of methoxy groups -OCH3 is 2. The minimum Gasteiger partial charge on any atom is -0.481 e. The van der Waals surface area contributed by atoms with Crippen molar-refractivity contribution in [2.45, 2.75) is 89.4 Å². The van der Waals surface area contributed by atoms with Crippen molar-refractivity contribution in [2.24, 2.45) is 29.1 Å². The predicted molar refractivity (Wildman–Crippen MR) is 119 cm³/mol. The van der Waals surface area contributed by atoms with E-state index >= 15 is 0 Å². The normalized spacial score (nSPS) is 41.3. The first-order chi connectivity index (χ1) is 14.6. The Balaban J connectivity index is 1.60. The van der Waals surface area contributed by atoms with Gasteiger partial charge in [0.15, 0.2) is 5.79 Å².